The SMILES string of the molecule is CC1CN(C(=O)c2ccc(I)c(Cl)c2)CC(CBr)O1. The zero-order chi connectivity index (χ0) is 14.0. The summed E-state index contributed by atoms with van der Waals surface area (Å²) in [7, 11) is 0. The first kappa shape index (κ1) is 15.5. The number of ether oxygens (including phenoxy) is 1. The highest BCUT2D eigenvalue weighted by atomic mass is 127. The minimum atomic E-state index is 0.0133. The van der Waals surface area contributed by atoms with E-state index in [0.29, 0.717) is 23.7 Å². The second-order valence-electron chi connectivity index (χ2n) is 4.56. The number of hydrogen-bond acceptors (Lipinski definition) is 2. The van der Waals surface area contributed by atoms with Crippen molar-refractivity contribution in [3.63, 3.8) is 0 Å². The normalized spacial score (nSPS) is 23.5. The first-order valence-corrected chi connectivity index (χ1v) is 8.55. The molecule has 0 bridgehead atoms. The van der Waals surface area contributed by atoms with E-state index in [1.807, 2.05) is 24.0 Å². The summed E-state index contributed by atoms with van der Waals surface area (Å²) >= 11 is 11.6. The van der Waals surface area contributed by atoms with E-state index in [-0.39, 0.29) is 18.1 Å². The number of hydrogen-bond donors (Lipinski definition) is 0. The topological polar surface area (TPSA) is 29.5 Å². The van der Waals surface area contributed by atoms with Gasteiger partial charge in [-0.15, -0.1) is 0 Å². The molecule has 1 saturated heterocycles. The van der Waals surface area contributed by atoms with Crippen LogP contribution in [0.5, 0.6) is 0 Å². The molecule has 0 radical (unpaired) electrons. The quantitative estimate of drug-likeness (QED) is 0.501. The molecule has 1 aliphatic heterocycles. The van der Waals surface area contributed by atoms with Gasteiger partial charge in [-0.05, 0) is 47.7 Å². The Kier molecular flexibility index (Phi) is 5.51. The van der Waals surface area contributed by atoms with Gasteiger partial charge in [0.1, 0.15) is 0 Å². The van der Waals surface area contributed by atoms with Crippen LogP contribution in [0.3, 0.4) is 0 Å². The fourth-order valence-corrected chi connectivity index (χ4v) is 2.98. The van der Waals surface area contributed by atoms with E-state index in [1.54, 1.807) is 6.07 Å². The highest BCUT2D eigenvalue weighted by Crippen LogP contribution is 2.22. The van der Waals surface area contributed by atoms with Crippen LogP contribution < -0.4 is 0 Å². The molecule has 6 heteroatoms. The van der Waals surface area contributed by atoms with Gasteiger partial charge >= 0.3 is 0 Å². The summed E-state index contributed by atoms with van der Waals surface area (Å²) in [4.78, 5) is 14.3. The molecule has 1 aromatic carbocycles. The fraction of sp³-hybridized carbons (Fsp3) is 0.462. The molecule has 0 aliphatic carbocycles. The summed E-state index contributed by atoms with van der Waals surface area (Å²) in [5.74, 6) is 0.0133. The Morgan fingerprint density at radius 3 is 2.95 bits per heavy atom. The Morgan fingerprint density at radius 1 is 1.58 bits per heavy atom. The number of carbonyl (C=O) groups is 1. The van der Waals surface area contributed by atoms with Gasteiger partial charge < -0.3 is 9.64 Å². The molecule has 1 fully saturated rings. The van der Waals surface area contributed by atoms with Crippen molar-refractivity contribution in [3.05, 3.63) is 32.4 Å². The number of rotatable bonds is 2. The molecule has 1 amide bonds. The van der Waals surface area contributed by atoms with Crippen molar-refractivity contribution in [2.45, 2.75) is 19.1 Å². The van der Waals surface area contributed by atoms with Gasteiger partial charge in [-0.2, -0.15) is 0 Å². The standard InChI is InChI=1S/C13H14BrClINO2/c1-8-6-17(7-10(5-14)19-8)13(18)9-2-3-12(16)11(15)4-9/h2-4,8,10H,5-7H2,1H3. The Hall–Kier alpha value is 0.150. The first-order chi connectivity index (χ1) is 9.01. The Balaban J connectivity index is 2.16. The Labute approximate surface area is 139 Å². The van der Waals surface area contributed by atoms with E-state index in [9.17, 15) is 4.79 Å². The number of benzene rings is 1. The monoisotopic (exact) mass is 457 g/mol. The Bertz CT molecular complexity index is 486. The second kappa shape index (κ2) is 6.74. The highest BCUT2D eigenvalue weighted by molar-refractivity contribution is 14.1. The van der Waals surface area contributed by atoms with E-state index in [2.05, 4.69) is 38.5 Å². The van der Waals surface area contributed by atoms with E-state index >= 15 is 0 Å². The molecular formula is C13H14BrClINO2. The van der Waals surface area contributed by atoms with Crippen molar-refractivity contribution >= 4 is 56.0 Å². The van der Waals surface area contributed by atoms with Gasteiger partial charge in [-0.3, -0.25) is 4.79 Å². The first-order valence-electron chi connectivity index (χ1n) is 5.97. The minimum Gasteiger partial charge on any atom is -0.371 e. The fourth-order valence-electron chi connectivity index (χ4n) is 2.11. The third kappa shape index (κ3) is 3.83. The number of amides is 1. The Morgan fingerprint density at radius 2 is 2.32 bits per heavy atom. The molecule has 3 nitrogen and oxygen atoms in total. The maximum Gasteiger partial charge on any atom is 0.254 e. The summed E-state index contributed by atoms with van der Waals surface area (Å²) in [6.45, 7) is 3.21. The maximum absolute atomic E-state index is 12.5. The molecule has 0 aromatic heterocycles. The third-order valence-electron chi connectivity index (χ3n) is 2.95. The minimum absolute atomic E-state index is 0.0133. The van der Waals surface area contributed by atoms with Crippen molar-refractivity contribution in [2.75, 3.05) is 18.4 Å². The number of halogens is 3. The van der Waals surface area contributed by atoms with Crippen LogP contribution in [-0.2, 0) is 4.74 Å². The van der Waals surface area contributed by atoms with E-state index in [4.69, 9.17) is 16.3 Å². The van der Waals surface area contributed by atoms with Gasteiger partial charge in [0, 0.05) is 27.6 Å². The molecule has 1 aromatic rings. The van der Waals surface area contributed by atoms with Gasteiger partial charge in [0.05, 0.1) is 17.2 Å². The van der Waals surface area contributed by atoms with Gasteiger partial charge in [0.15, 0.2) is 0 Å². The van der Waals surface area contributed by atoms with Crippen LogP contribution in [-0.4, -0.2) is 41.4 Å². The van der Waals surface area contributed by atoms with Crippen LogP contribution in [0.25, 0.3) is 0 Å². The molecule has 1 aliphatic rings. The zero-order valence-corrected chi connectivity index (χ0v) is 14.9. The lowest BCUT2D eigenvalue weighted by atomic mass is 10.1. The largest absolute Gasteiger partial charge is 0.371 e. The van der Waals surface area contributed by atoms with Crippen LogP contribution in [0.1, 0.15) is 17.3 Å². The maximum atomic E-state index is 12.5. The zero-order valence-electron chi connectivity index (χ0n) is 10.4. The van der Waals surface area contributed by atoms with E-state index < -0.39 is 0 Å². The summed E-state index contributed by atoms with van der Waals surface area (Å²) in [5.41, 5.74) is 0.632. The van der Waals surface area contributed by atoms with Crippen molar-refractivity contribution in [2.24, 2.45) is 0 Å². The second-order valence-corrected chi connectivity index (χ2v) is 6.78. The number of carbonyl (C=O) groups excluding carboxylic acids is 1. The summed E-state index contributed by atoms with van der Waals surface area (Å²) in [5, 5.41) is 1.35. The molecule has 0 spiro atoms. The highest BCUT2D eigenvalue weighted by Gasteiger charge is 2.28. The van der Waals surface area contributed by atoms with Crippen LogP contribution in [0.2, 0.25) is 5.02 Å². The summed E-state index contributed by atoms with van der Waals surface area (Å²) in [6.07, 6.45) is 0.103. The number of nitrogens with zero attached hydrogens (tertiary/aromatic N) is 1. The molecule has 0 saturated carbocycles. The van der Waals surface area contributed by atoms with E-state index in [0.717, 1.165) is 8.90 Å². The lowest BCUT2D eigenvalue weighted by molar-refractivity contribution is -0.0559. The average molecular weight is 459 g/mol. The molecule has 1 heterocycles. The molecule has 104 valence electrons. The average Bonchev–Trinajstić information content (AvgIpc) is 2.40. The van der Waals surface area contributed by atoms with Gasteiger partial charge in [-0.1, -0.05) is 27.5 Å². The smallest absolute Gasteiger partial charge is 0.254 e. The van der Waals surface area contributed by atoms with Crippen LogP contribution >= 0.6 is 50.1 Å². The lowest BCUT2D eigenvalue weighted by Crippen LogP contribution is -2.49. The predicted octanol–water partition coefficient (Wildman–Crippen LogP) is 3.57. The van der Waals surface area contributed by atoms with Crippen LogP contribution in [0, 0.1) is 3.57 Å². The number of alkyl halides is 1. The molecule has 19 heavy (non-hydrogen) atoms. The van der Waals surface area contributed by atoms with Gasteiger partial charge in [0.25, 0.3) is 5.91 Å². The third-order valence-corrected chi connectivity index (χ3v) is 5.25. The molecule has 0 N–H and O–H groups in total. The lowest BCUT2D eigenvalue weighted by Gasteiger charge is -2.36. The summed E-state index contributed by atoms with van der Waals surface area (Å²) < 4.78 is 6.68. The van der Waals surface area contributed by atoms with Crippen molar-refractivity contribution < 1.29 is 9.53 Å². The van der Waals surface area contributed by atoms with Crippen molar-refractivity contribution in [1.82, 2.24) is 4.90 Å². The number of morpholine rings is 1. The molecule has 2 rings (SSSR count). The van der Waals surface area contributed by atoms with Crippen LogP contribution in [0.15, 0.2) is 18.2 Å². The predicted molar refractivity (Wildman–Crippen MR) is 88.2 cm³/mol. The molecular weight excluding hydrogens is 444 g/mol. The van der Waals surface area contributed by atoms with Crippen molar-refractivity contribution in [3.8, 4) is 0 Å². The molecule has 2 atom stereocenters. The van der Waals surface area contributed by atoms with Gasteiger partial charge in [0.2, 0.25) is 0 Å². The van der Waals surface area contributed by atoms with Crippen LogP contribution in [0.4, 0.5) is 0 Å². The van der Waals surface area contributed by atoms with E-state index in [1.165, 1.54) is 0 Å². The summed E-state index contributed by atoms with van der Waals surface area (Å²) in [6, 6.07) is 5.41. The molecule has 2 unspecified atom stereocenters. The van der Waals surface area contributed by atoms with Gasteiger partial charge in [-0.25, -0.2) is 0 Å². The van der Waals surface area contributed by atoms with Crippen molar-refractivity contribution in [1.29, 1.82) is 0 Å².